The first-order chi connectivity index (χ1) is 7.74. The molecular formula is C14H20OS. The summed E-state index contributed by atoms with van der Waals surface area (Å²) in [5.41, 5.74) is 1.28. The summed E-state index contributed by atoms with van der Waals surface area (Å²) in [5.74, 6) is 1.42. The van der Waals surface area contributed by atoms with Gasteiger partial charge in [0.1, 0.15) is 5.78 Å². The van der Waals surface area contributed by atoms with Crippen LogP contribution in [0.15, 0.2) is 30.3 Å². The minimum Gasteiger partial charge on any atom is -0.300 e. The lowest BCUT2D eigenvalue weighted by Gasteiger charge is -2.15. The number of rotatable bonds is 7. The molecule has 1 aromatic rings. The van der Waals surface area contributed by atoms with E-state index >= 15 is 0 Å². The van der Waals surface area contributed by atoms with Crippen molar-refractivity contribution in [2.75, 3.05) is 5.75 Å². The monoisotopic (exact) mass is 236 g/mol. The number of carbonyl (C=O) groups excluding carboxylic acids is 1. The quantitative estimate of drug-likeness (QED) is 0.659. The maximum Gasteiger partial charge on any atom is 0.131 e. The van der Waals surface area contributed by atoms with Crippen LogP contribution in [0, 0.1) is 0 Å². The lowest BCUT2D eigenvalue weighted by Crippen LogP contribution is -2.01. The summed E-state index contributed by atoms with van der Waals surface area (Å²) in [6.45, 7) is 3.87. The highest BCUT2D eigenvalue weighted by Crippen LogP contribution is 2.32. The molecule has 0 saturated carbocycles. The molecule has 0 N–H and O–H groups in total. The van der Waals surface area contributed by atoms with E-state index in [1.165, 1.54) is 18.4 Å². The Morgan fingerprint density at radius 1 is 1.31 bits per heavy atom. The third kappa shape index (κ3) is 4.84. The number of thioether (sulfide) groups is 1. The molecule has 0 unspecified atom stereocenters. The highest BCUT2D eigenvalue weighted by atomic mass is 32.2. The Balaban J connectivity index is 2.60. The van der Waals surface area contributed by atoms with Gasteiger partial charge in [-0.15, -0.1) is 0 Å². The molecule has 0 heterocycles. The van der Waals surface area contributed by atoms with E-state index in [-0.39, 0.29) is 5.78 Å². The van der Waals surface area contributed by atoms with Gasteiger partial charge in [0.15, 0.2) is 0 Å². The maximum absolute atomic E-state index is 11.2. The van der Waals surface area contributed by atoms with Crippen LogP contribution in [0.4, 0.5) is 0 Å². The third-order valence-corrected chi connectivity index (χ3v) is 3.83. The number of hydrogen-bond acceptors (Lipinski definition) is 2. The second-order valence-electron chi connectivity index (χ2n) is 4.03. The number of carbonyl (C=O) groups is 1. The largest absolute Gasteiger partial charge is 0.300 e. The first kappa shape index (κ1) is 13.3. The SMILES string of the molecule is CCCCS[C@@H](CC(C)=O)c1ccccc1. The van der Waals surface area contributed by atoms with Gasteiger partial charge < -0.3 is 0 Å². The van der Waals surface area contributed by atoms with E-state index in [1.807, 2.05) is 30.0 Å². The lowest BCUT2D eigenvalue weighted by molar-refractivity contribution is -0.117. The zero-order valence-electron chi connectivity index (χ0n) is 10.1. The van der Waals surface area contributed by atoms with Crippen LogP contribution in [0.3, 0.4) is 0 Å². The van der Waals surface area contributed by atoms with Crippen molar-refractivity contribution in [1.29, 1.82) is 0 Å². The van der Waals surface area contributed by atoms with Crippen molar-refractivity contribution in [1.82, 2.24) is 0 Å². The van der Waals surface area contributed by atoms with Gasteiger partial charge >= 0.3 is 0 Å². The molecule has 0 aromatic heterocycles. The zero-order chi connectivity index (χ0) is 11.8. The van der Waals surface area contributed by atoms with Crippen molar-refractivity contribution in [3.05, 3.63) is 35.9 Å². The molecule has 88 valence electrons. The fourth-order valence-electron chi connectivity index (χ4n) is 1.57. The van der Waals surface area contributed by atoms with Crippen LogP contribution < -0.4 is 0 Å². The summed E-state index contributed by atoms with van der Waals surface area (Å²) in [6, 6.07) is 10.3. The molecule has 0 amide bonds. The van der Waals surface area contributed by atoms with Crippen LogP contribution in [0.25, 0.3) is 0 Å². The van der Waals surface area contributed by atoms with Crippen molar-refractivity contribution in [2.45, 2.75) is 38.4 Å². The summed E-state index contributed by atoms with van der Waals surface area (Å²) in [5, 5.41) is 0.338. The molecule has 0 saturated heterocycles. The molecular weight excluding hydrogens is 216 g/mol. The molecule has 1 rings (SSSR count). The predicted molar refractivity (Wildman–Crippen MR) is 71.8 cm³/mol. The van der Waals surface area contributed by atoms with Crippen LogP contribution in [0.5, 0.6) is 0 Å². The number of unbranched alkanes of at least 4 members (excludes halogenated alkanes) is 1. The standard InChI is InChI=1S/C14H20OS/c1-3-4-10-16-14(11-12(2)15)13-8-6-5-7-9-13/h5-9,14H,3-4,10-11H2,1-2H3/t14-/m0/s1. The summed E-state index contributed by atoms with van der Waals surface area (Å²) in [6.07, 6.45) is 3.10. The van der Waals surface area contributed by atoms with Gasteiger partial charge in [0.05, 0.1) is 0 Å². The summed E-state index contributed by atoms with van der Waals surface area (Å²) < 4.78 is 0. The van der Waals surface area contributed by atoms with Gasteiger partial charge in [-0.1, -0.05) is 43.7 Å². The van der Waals surface area contributed by atoms with Gasteiger partial charge in [-0.2, -0.15) is 11.8 Å². The Kier molecular flexibility index (Phi) is 6.24. The van der Waals surface area contributed by atoms with Crippen molar-refractivity contribution >= 4 is 17.5 Å². The van der Waals surface area contributed by atoms with Gasteiger partial charge in [-0.25, -0.2) is 0 Å². The normalized spacial score (nSPS) is 12.4. The molecule has 0 fully saturated rings. The van der Waals surface area contributed by atoms with E-state index in [0.29, 0.717) is 11.7 Å². The van der Waals surface area contributed by atoms with Crippen LogP contribution in [0.1, 0.15) is 43.9 Å². The summed E-state index contributed by atoms with van der Waals surface area (Å²) >= 11 is 1.91. The minimum atomic E-state index is 0.276. The van der Waals surface area contributed by atoms with Crippen LogP contribution in [-0.2, 0) is 4.79 Å². The Morgan fingerprint density at radius 2 is 2.00 bits per heavy atom. The molecule has 0 aliphatic heterocycles. The molecule has 0 bridgehead atoms. The summed E-state index contributed by atoms with van der Waals surface area (Å²) in [7, 11) is 0. The number of ketones is 1. The lowest BCUT2D eigenvalue weighted by atomic mass is 10.1. The molecule has 1 aromatic carbocycles. The fraction of sp³-hybridized carbons (Fsp3) is 0.500. The van der Waals surface area contributed by atoms with E-state index in [0.717, 1.165) is 5.75 Å². The first-order valence-corrected chi connectivity index (χ1v) is 6.95. The van der Waals surface area contributed by atoms with E-state index in [2.05, 4.69) is 19.1 Å². The highest BCUT2D eigenvalue weighted by molar-refractivity contribution is 7.99. The second-order valence-corrected chi connectivity index (χ2v) is 5.34. The third-order valence-electron chi connectivity index (χ3n) is 2.46. The molecule has 2 heteroatoms. The number of Topliss-reactive ketones (excluding diaryl/α,β-unsaturated/α-hetero) is 1. The van der Waals surface area contributed by atoms with Crippen molar-refractivity contribution in [2.24, 2.45) is 0 Å². The maximum atomic E-state index is 11.2. The van der Waals surface area contributed by atoms with Crippen molar-refractivity contribution in [3.63, 3.8) is 0 Å². The molecule has 0 aliphatic carbocycles. The van der Waals surface area contributed by atoms with Crippen LogP contribution >= 0.6 is 11.8 Å². The van der Waals surface area contributed by atoms with Crippen molar-refractivity contribution < 1.29 is 4.79 Å². The average Bonchev–Trinajstić information content (AvgIpc) is 2.29. The minimum absolute atomic E-state index is 0.276. The van der Waals surface area contributed by atoms with Crippen molar-refractivity contribution in [3.8, 4) is 0 Å². The molecule has 0 aliphatic rings. The van der Waals surface area contributed by atoms with Gasteiger partial charge in [0.2, 0.25) is 0 Å². The van der Waals surface area contributed by atoms with Gasteiger partial charge in [0, 0.05) is 11.7 Å². The van der Waals surface area contributed by atoms with Gasteiger partial charge in [0.25, 0.3) is 0 Å². The number of hydrogen-bond donors (Lipinski definition) is 0. The fourth-order valence-corrected chi connectivity index (χ4v) is 3.01. The summed E-state index contributed by atoms with van der Waals surface area (Å²) in [4.78, 5) is 11.2. The predicted octanol–water partition coefficient (Wildman–Crippen LogP) is 4.24. The zero-order valence-corrected chi connectivity index (χ0v) is 10.9. The molecule has 16 heavy (non-hydrogen) atoms. The smallest absolute Gasteiger partial charge is 0.131 e. The average molecular weight is 236 g/mol. The molecule has 1 atom stereocenters. The molecule has 0 spiro atoms. The number of benzene rings is 1. The topological polar surface area (TPSA) is 17.1 Å². The van der Waals surface area contributed by atoms with E-state index in [1.54, 1.807) is 6.92 Å². The Morgan fingerprint density at radius 3 is 2.56 bits per heavy atom. The van der Waals surface area contributed by atoms with E-state index in [9.17, 15) is 4.79 Å². The van der Waals surface area contributed by atoms with Gasteiger partial charge in [-0.05, 0) is 24.7 Å². The van der Waals surface area contributed by atoms with Crippen LogP contribution in [-0.4, -0.2) is 11.5 Å². The Bertz CT molecular complexity index is 308. The molecule has 1 nitrogen and oxygen atoms in total. The van der Waals surface area contributed by atoms with Gasteiger partial charge in [-0.3, -0.25) is 4.79 Å². The van der Waals surface area contributed by atoms with E-state index < -0.39 is 0 Å². The first-order valence-electron chi connectivity index (χ1n) is 5.90. The Labute approximate surface area is 103 Å². The molecule has 0 radical (unpaired) electrons. The Hall–Kier alpha value is -0.760. The van der Waals surface area contributed by atoms with Crippen LogP contribution in [0.2, 0.25) is 0 Å². The van der Waals surface area contributed by atoms with E-state index in [4.69, 9.17) is 0 Å². The highest BCUT2D eigenvalue weighted by Gasteiger charge is 2.13. The second kappa shape index (κ2) is 7.50.